The Hall–Kier alpha value is -2.62. The molecule has 0 radical (unpaired) electrons. The number of hydrogen-bond acceptors (Lipinski definition) is 5. The number of hydrogen-bond donors (Lipinski definition) is 1. The van der Waals surface area contributed by atoms with Gasteiger partial charge < -0.3 is 10.2 Å². The Morgan fingerprint density at radius 3 is 2.71 bits per heavy atom. The fourth-order valence-electron chi connectivity index (χ4n) is 1.97. The predicted octanol–water partition coefficient (Wildman–Crippen LogP) is 2.08. The number of amides is 1. The summed E-state index contributed by atoms with van der Waals surface area (Å²) in [5.74, 6) is -0.273. The zero-order valence-corrected chi connectivity index (χ0v) is 12.1. The molecule has 0 spiro atoms. The molecule has 0 saturated carbocycles. The summed E-state index contributed by atoms with van der Waals surface area (Å²) in [5, 5.41) is 22.5. The SMILES string of the molecule is CCNC(=O)c1ccc([N+](=O)[O-])c(N(CC)CCC#N)c1. The molecule has 0 bridgehead atoms. The van der Waals surface area contributed by atoms with Crippen LogP contribution in [-0.2, 0) is 0 Å². The lowest BCUT2D eigenvalue weighted by Gasteiger charge is -2.22. The van der Waals surface area contributed by atoms with E-state index in [0.717, 1.165) is 0 Å². The van der Waals surface area contributed by atoms with Crippen LogP contribution in [0, 0.1) is 21.4 Å². The number of nitrogens with zero attached hydrogens (tertiary/aromatic N) is 3. The van der Waals surface area contributed by atoms with Gasteiger partial charge in [0.25, 0.3) is 11.6 Å². The quantitative estimate of drug-likeness (QED) is 0.612. The van der Waals surface area contributed by atoms with Crippen LogP contribution >= 0.6 is 0 Å². The maximum absolute atomic E-state index is 11.9. The summed E-state index contributed by atoms with van der Waals surface area (Å²) >= 11 is 0. The molecule has 1 aromatic rings. The molecule has 7 heteroatoms. The van der Waals surface area contributed by atoms with E-state index in [-0.39, 0.29) is 18.0 Å². The maximum atomic E-state index is 11.9. The maximum Gasteiger partial charge on any atom is 0.292 e. The third kappa shape index (κ3) is 4.18. The molecule has 0 aliphatic heterocycles. The van der Waals surface area contributed by atoms with Gasteiger partial charge in [0.15, 0.2) is 0 Å². The van der Waals surface area contributed by atoms with E-state index in [2.05, 4.69) is 5.32 Å². The second-order valence-electron chi connectivity index (χ2n) is 4.31. The van der Waals surface area contributed by atoms with Crippen LogP contribution in [0.25, 0.3) is 0 Å². The molecule has 0 fully saturated rings. The molecular weight excluding hydrogens is 272 g/mol. The first kappa shape index (κ1) is 16.4. The largest absolute Gasteiger partial charge is 0.365 e. The fourth-order valence-corrected chi connectivity index (χ4v) is 1.97. The van der Waals surface area contributed by atoms with Gasteiger partial charge in [0, 0.05) is 31.3 Å². The van der Waals surface area contributed by atoms with Crippen LogP contribution in [0.2, 0.25) is 0 Å². The van der Waals surface area contributed by atoms with Crippen molar-refractivity contribution < 1.29 is 9.72 Å². The van der Waals surface area contributed by atoms with Crippen molar-refractivity contribution in [3.05, 3.63) is 33.9 Å². The van der Waals surface area contributed by atoms with Crippen LogP contribution in [0.4, 0.5) is 11.4 Å². The Labute approximate surface area is 123 Å². The van der Waals surface area contributed by atoms with Crippen LogP contribution in [0.5, 0.6) is 0 Å². The van der Waals surface area contributed by atoms with Crippen molar-refractivity contribution in [1.82, 2.24) is 5.32 Å². The van der Waals surface area contributed by atoms with Crippen molar-refractivity contribution in [3.63, 3.8) is 0 Å². The Kier molecular flexibility index (Phi) is 6.14. The molecule has 0 aromatic heterocycles. The Morgan fingerprint density at radius 2 is 2.19 bits per heavy atom. The molecule has 7 nitrogen and oxygen atoms in total. The summed E-state index contributed by atoms with van der Waals surface area (Å²) in [6.45, 7) is 5.03. The third-order valence-electron chi connectivity index (χ3n) is 2.99. The van der Waals surface area contributed by atoms with Gasteiger partial charge in [0.2, 0.25) is 0 Å². The molecule has 0 aliphatic carbocycles. The number of anilines is 1. The van der Waals surface area contributed by atoms with Gasteiger partial charge in [-0.2, -0.15) is 5.26 Å². The minimum atomic E-state index is -0.480. The molecule has 1 aromatic carbocycles. The number of nitrogens with one attached hydrogen (secondary N) is 1. The summed E-state index contributed by atoms with van der Waals surface area (Å²) in [6.07, 6.45) is 0.260. The fraction of sp³-hybridized carbons (Fsp3) is 0.429. The smallest absolute Gasteiger partial charge is 0.292 e. The number of nitriles is 1. The minimum Gasteiger partial charge on any atom is -0.365 e. The number of benzene rings is 1. The van der Waals surface area contributed by atoms with Crippen molar-refractivity contribution in [2.45, 2.75) is 20.3 Å². The first-order valence-corrected chi connectivity index (χ1v) is 6.73. The van der Waals surface area contributed by atoms with Gasteiger partial charge in [0.05, 0.1) is 17.4 Å². The zero-order chi connectivity index (χ0) is 15.8. The molecule has 0 heterocycles. The van der Waals surface area contributed by atoms with Gasteiger partial charge >= 0.3 is 0 Å². The summed E-state index contributed by atoms with van der Waals surface area (Å²) in [4.78, 5) is 24.2. The summed E-state index contributed by atoms with van der Waals surface area (Å²) in [6, 6.07) is 6.29. The van der Waals surface area contributed by atoms with Gasteiger partial charge in [-0.15, -0.1) is 0 Å². The lowest BCUT2D eigenvalue weighted by Crippen LogP contribution is -2.26. The van der Waals surface area contributed by atoms with Crippen molar-refractivity contribution in [3.8, 4) is 6.07 Å². The second-order valence-corrected chi connectivity index (χ2v) is 4.31. The summed E-state index contributed by atoms with van der Waals surface area (Å²) in [7, 11) is 0. The average Bonchev–Trinajstić information content (AvgIpc) is 2.48. The normalized spacial score (nSPS) is 9.76. The number of nitro benzene ring substituents is 1. The van der Waals surface area contributed by atoms with E-state index in [0.29, 0.717) is 30.9 Å². The molecule has 1 N–H and O–H groups in total. The highest BCUT2D eigenvalue weighted by molar-refractivity contribution is 5.96. The van der Waals surface area contributed by atoms with E-state index >= 15 is 0 Å². The van der Waals surface area contributed by atoms with Crippen molar-refractivity contribution in [2.24, 2.45) is 0 Å². The molecular formula is C14H18N4O3. The highest BCUT2D eigenvalue weighted by Crippen LogP contribution is 2.29. The molecule has 0 saturated heterocycles. The summed E-state index contributed by atoms with van der Waals surface area (Å²) < 4.78 is 0. The lowest BCUT2D eigenvalue weighted by molar-refractivity contribution is -0.384. The Morgan fingerprint density at radius 1 is 1.48 bits per heavy atom. The van der Waals surface area contributed by atoms with Crippen LogP contribution in [0.3, 0.4) is 0 Å². The van der Waals surface area contributed by atoms with E-state index in [9.17, 15) is 14.9 Å². The summed E-state index contributed by atoms with van der Waals surface area (Å²) in [5.41, 5.74) is 0.664. The van der Waals surface area contributed by atoms with E-state index in [1.54, 1.807) is 11.8 Å². The number of rotatable bonds is 7. The van der Waals surface area contributed by atoms with Gasteiger partial charge in [0.1, 0.15) is 5.69 Å². The molecule has 0 unspecified atom stereocenters. The predicted molar refractivity (Wildman–Crippen MR) is 79.2 cm³/mol. The molecule has 1 rings (SSSR count). The van der Waals surface area contributed by atoms with Crippen molar-refractivity contribution in [1.29, 1.82) is 5.26 Å². The zero-order valence-electron chi connectivity index (χ0n) is 12.1. The van der Waals surface area contributed by atoms with Crippen molar-refractivity contribution >= 4 is 17.3 Å². The van der Waals surface area contributed by atoms with Crippen molar-refractivity contribution in [2.75, 3.05) is 24.5 Å². The Bertz CT molecular complexity index is 566. The first-order valence-electron chi connectivity index (χ1n) is 6.73. The van der Waals surface area contributed by atoms with Crippen LogP contribution in [0.15, 0.2) is 18.2 Å². The highest BCUT2D eigenvalue weighted by atomic mass is 16.6. The van der Waals surface area contributed by atoms with E-state index in [1.807, 2.05) is 13.0 Å². The van der Waals surface area contributed by atoms with Crippen LogP contribution < -0.4 is 10.2 Å². The van der Waals surface area contributed by atoms with Gasteiger partial charge in [-0.3, -0.25) is 14.9 Å². The average molecular weight is 290 g/mol. The second kappa shape index (κ2) is 7.85. The van der Waals surface area contributed by atoms with E-state index in [1.165, 1.54) is 18.2 Å². The lowest BCUT2D eigenvalue weighted by atomic mass is 10.1. The van der Waals surface area contributed by atoms with Crippen LogP contribution in [-0.4, -0.2) is 30.5 Å². The number of nitro groups is 1. The van der Waals surface area contributed by atoms with Gasteiger partial charge in [-0.25, -0.2) is 0 Å². The third-order valence-corrected chi connectivity index (χ3v) is 2.99. The van der Waals surface area contributed by atoms with Gasteiger partial charge in [-0.05, 0) is 26.0 Å². The monoisotopic (exact) mass is 290 g/mol. The molecule has 0 aliphatic rings. The number of carbonyl (C=O) groups excluding carboxylic acids is 1. The van der Waals surface area contributed by atoms with Gasteiger partial charge in [-0.1, -0.05) is 0 Å². The molecule has 1 amide bonds. The highest BCUT2D eigenvalue weighted by Gasteiger charge is 2.20. The first-order chi connectivity index (χ1) is 10.0. The van der Waals surface area contributed by atoms with E-state index in [4.69, 9.17) is 5.26 Å². The molecule has 0 atom stereocenters. The minimum absolute atomic E-state index is 0.0668. The van der Waals surface area contributed by atoms with E-state index < -0.39 is 4.92 Å². The number of carbonyl (C=O) groups is 1. The molecule has 21 heavy (non-hydrogen) atoms. The standard InChI is InChI=1S/C14H18N4O3/c1-3-16-14(19)11-6-7-12(18(20)21)13(10-11)17(4-2)9-5-8-15/h6-7,10H,3-5,9H2,1-2H3,(H,16,19). The topological polar surface area (TPSA) is 99.3 Å². The van der Waals surface area contributed by atoms with Crippen LogP contribution in [0.1, 0.15) is 30.6 Å². The Balaban J connectivity index is 3.23. The molecule has 112 valence electrons.